The van der Waals surface area contributed by atoms with Crippen molar-refractivity contribution in [3.63, 3.8) is 0 Å². The van der Waals surface area contributed by atoms with E-state index in [-0.39, 0.29) is 6.61 Å². The average molecular weight is 448 g/mol. The lowest BCUT2D eigenvalue weighted by Gasteiger charge is -2.18. The van der Waals surface area contributed by atoms with Gasteiger partial charge in [-0.15, -0.1) is 0 Å². The zero-order chi connectivity index (χ0) is 23.5. The number of esters is 1. The number of ether oxygens (including phenoxy) is 3. The van der Waals surface area contributed by atoms with Gasteiger partial charge in [-0.2, -0.15) is 0 Å². The molecular formula is C25H24N2O6. The zero-order valence-corrected chi connectivity index (χ0v) is 18.0. The number of hydrogen-bond acceptors (Lipinski definition) is 6. The first kappa shape index (κ1) is 23.3. The minimum Gasteiger partial charge on any atom is -0.497 e. The standard InChI is InChI=1S/C25H24N2O6/c1-31-20-14-12-19(13-15-20)27-25(30)24(18-8-4-2-5-9-18)33-23(29)16-26-22(28)17-32-21-10-6-3-7-11-21/h2-15,24H,16-17H2,1H3,(H,26,28)(H,27,30). The molecule has 0 saturated carbocycles. The van der Waals surface area contributed by atoms with E-state index in [4.69, 9.17) is 14.2 Å². The summed E-state index contributed by atoms with van der Waals surface area (Å²) in [5.74, 6) is -0.601. The van der Waals surface area contributed by atoms with Crippen LogP contribution in [0.25, 0.3) is 0 Å². The fourth-order valence-electron chi connectivity index (χ4n) is 2.84. The van der Waals surface area contributed by atoms with Crippen LogP contribution in [-0.4, -0.2) is 38.0 Å². The van der Waals surface area contributed by atoms with Crippen molar-refractivity contribution in [1.29, 1.82) is 0 Å². The highest BCUT2D eigenvalue weighted by Crippen LogP contribution is 2.21. The molecule has 8 heteroatoms. The van der Waals surface area contributed by atoms with Crippen molar-refractivity contribution in [2.24, 2.45) is 0 Å². The molecule has 170 valence electrons. The number of para-hydroxylation sites is 1. The third-order valence-corrected chi connectivity index (χ3v) is 4.49. The monoisotopic (exact) mass is 448 g/mol. The average Bonchev–Trinajstić information content (AvgIpc) is 2.86. The molecule has 0 bridgehead atoms. The molecule has 1 atom stereocenters. The van der Waals surface area contributed by atoms with Crippen LogP contribution in [0.1, 0.15) is 11.7 Å². The van der Waals surface area contributed by atoms with Crippen LogP contribution in [0.15, 0.2) is 84.9 Å². The van der Waals surface area contributed by atoms with Crippen molar-refractivity contribution in [3.8, 4) is 11.5 Å². The van der Waals surface area contributed by atoms with Crippen molar-refractivity contribution in [1.82, 2.24) is 5.32 Å². The molecule has 0 aliphatic heterocycles. The van der Waals surface area contributed by atoms with E-state index in [2.05, 4.69) is 10.6 Å². The Balaban J connectivity index is 1.57. The first-order valence-corrected chi connectivity index (χ1v) is 10.2. The molecule has 0 saturated heterocycles. The van der Waals surface area contributed by atoms with Crippen LogP contribution in [0.2, 0.25) is 0 Å². The van der Waals surface area contributed by atoms with Gasteiger partial charge in [0.1, 0.15) is 18.0 Å². The summed E-state index contributed by atoms with van der Waals surface area (Å²) in [4.78, 5) is 37.2. The van der Waals surface area contributed by atoms with Crippen molar-refractivity contribution < 1.29 is 28.6 Å². The molecule has 33 heavy (non-hydrogen) atoms. The summed E-state index contributed by atoms with van der Waals surface area (Å²) in [6.07, 6.45) is -1.20. The summed E-state index contributed by atoms with van der Waals surface area (Å²) in [6, 6.07) is 24.2. The molecule has 3 aromatic rings. The Bertz CT molecular complexity index is 1060. The number of hydrogen-bond donors (Lipinski definition) is 2. The van der Waals surface area contributed by atoms with Gasteiger partial charge in [0.15, 0.2) is 6.61 Å². The number of carbonyl (C=O) groups is 3. The summed E-state index contributed by atoms with van der Waals surface area (Å²) in [7, 11) is 1.55. The molecule has 3 aromatic carbocycles. The van der Waals surface area contributed by atoms with Gasteiger partial charge in [0.2, 0.25) is 6.10 Å². The number of benzene rings is 3. The van der Waals surface area contributed by atoms with Crippen LogP contribution in [0.5, 0.6) is 11.5 Å². The van der Waals surface area contributed by atoms with E-state index in [0.717, 1.165) is 0 Å². The van der Waals surface area contributed by atoms with Gasteiger partial charge in [-0.05, 0) is 36.4 Å². The quantitative estimate of drug-likeness (QED) is 0.462. The van der Waals surface area contributed by atoms with Gasteiger partial charge in [0.05, 0.1) is 7.11 Å². The Morgan fingerprint density at radius 3 is 2.09 bits per heavy atom. The van der Waals surface area contributed by atoms with Gasteiger partial charge in [0, 0.05) is 11.3 Å². The minimum atomic E-state index is -1.20. The topological polar surface area (TPSA) is 103 Å². The van der Waals surface area contributed by atoms with Crippen molar-refractivity contribution in [2.75, 3.05) is 25.6 Å². The first-order valence-electron chi connectivity index (χ1n) is 10.2. The van der Waals surface area contributed by atoms with Crippen molar-refractivity contribution >= 4 is 23.5 Å². The largest absolute Gasteiger partial charge is 0.497 e. The molecule has 1 unspecified atom stereocenters. The third kappa shape index (κ3) is 7.39. The smallest absolute Gasteiger partial charge is 0.326 e. The van der Waals surface area contributed by atoms with Gasteiger partial charge in [-0.1, -0.05) is 48.5 Å². The second-order valence-corrected chi connectivity index (χ2v) is 6.88. The van der Waals surface area contributed by atoms with Crippen LogP contribution in [-0.2, 0) is 19.1 Å². The summed E-state index contributed by atoms with van der Waals surface area (Å²) in [6.45, 7) is -0.659. The number of carbonyl (C=O) groups excluding carboxylic acids is 3. The molecule has 2 amide bonds. The molecular weight excluding hydrogens is 424 g/mol. The Kier molecular flexibility index (Phi) is 8.41. The highest BCUT2D eigenvalue weighted by molar-refractivity contribution is 5.96. The molecule has 0 spiro atoms. The van der Waals surface area contributed by atoms with E-state index in [1.807, 2.05) is 6.07 Å². The minimum absolute atomic E-state index is 0.253. The number of rotatable bonds is 10. The number of nitrogens with one attached hydrogen (secondary N) is 2. The molecule has 3 rings (SSSR count). The molecule has 0 fully saturated rings. The van der Waals surface area contributed by atoms with E-state index < -0.39 is 30.4 Å². The Hall–Kier alpha value is -4.33. The Labute approximate surface area is 191 Å². The molecule has 8 nitrogen and oxygen atoms in total. The summed E-state index contributed by atoms with van der Waals surface area (Å²) in [5, 5.41) is 5.15. The SMILES string of the molecule is COc1ccc(NC(=O)C(OC(=O)CNC(=O)COc2ccccc2)c2ccccc2)cc1. The number of amides is 2. The predicted molar refractivity (Wildman–Crippen MR) is 122 cm³/mol. The van der Waals surface area contributed by atoms with Gasteiger partial charge < -0.3 is 24.8 Å². The number of methoxy groups -OCH3 is 1. The second-order valence-electron chi connectivity index (χ2n) is 6.88. The lowest BCUT2D eigenvalue weighted by atomic mass is 10.1. The number of anilines is 1. The molecule has 0 aromatic heterocycles. The lowest BCUT2D eigenvalue weighted by Crippen LogP contribution is -2.36. The predicted octanol–water partition coefficient (Wildman–Crippen LogP) is 3.11. The fourth-order valence-corrected chi connectivity index (χ4v) is 2.84. The Morgan fingerprint density at radius 2 is 1.45 bits per heavy atom. The summed E-state index contributed by atoms with van der Waals surface area (Å²) < 4.78 is 15.8. The second kappa shape index (κ2) is 11.9. The van der Waals surface area contributed by atoms with Crippen LogP contribution in [0, 0.1) is 0 Å². The van der Waals surface area contributed by atoms with E-state index in [9.17, 15) is 14.4 Å². The van der Waals surface area contributed by atoms with Crippen molar-refractivity contribution in [3.05, 3.63) is 90.5 Å². The van der Waals surface area contributed by atoms with Crippen LogP contribution in [0.3, 0.4) is 0 Å². The highest BCUT2D eigenvalue weighted by Gasteiger charge is 2.25. The van der Waals surface area contributed by atoms with Gasteiger partial charge >= 0.3 is 5.97 Å². The van der Waals surface area contributed by atoms with E-state index in [1.54, 1.807) is 86.0 Å². The molecule has 0 heterocycles. The molecule has 2 N–H and O–H groups in total. The van der Waals surface area contributed by atoms with E-state index >= 15 is 0 Å². The van der Waals surface area contributed by atoms with Gasteiger partial charge in [-0.25, -0.2) is 0 Å². The zero-order valence-electron chi connectivity index (χ0n) is 18.0. The van der Waals surface area contributed by atoms with Crippen molar-refractivity contribution in [2.45, 2.75) is 6.10 Å². The molecule has 0 radical (unpaired) electrons. The Morgan fingerprint density at radius 1 is 0.818 bits per heavy atom. The van der Waals surface area contributed by atoms with Crippen LogP contribution in [0.4, 0.5) is 5.69 Å². The van der Waals surface area contributed by atoms with Gasteiger partial charge in [0.25, 0.3) is 11.8 Å². The van der Waals surface area contributed by atoms with Crippen LogP contribution >= 0.6 is 0 Å². The maximum atomic E-state index is 12.9. The summed E-state index contributed by atoms with van der Waals surface area (Å²) in [5.41, 5.74) is 1.01. The van der Waals surface area contributed by atoms with E-state index in [0.29, 0.717) is 22.7 Å². The fraction of sp³-hybridized carbons (Fsp3) is 0.160. The van der Waals surface area contributed by atoms with E-state index in [1.165, 1.54) is 0 Å². The van der Waals surface area contributed by atoms with Crippen LogP contribution < -0.4 is 20.1 Å². The normalized spacial score (nSPS) is 11.1. The highest BCUT2D eigenvalue weighted by atomic mass is 16.5. The third-order valence-electron chi connectivity index (χ3n) is 4.49. The molecule has 0 aliphatic carbocycles. The first-order chi connectivity index (χ1) is 16.0. The maximum Gasteiger partial charge on any atom is 0.326 e. The molecule has 0 aliphatic rings. The van der Waals surface area contributed by atoms with Gasteiger partial charge in [-0.3, -0.25) is 14.4 Å². The maximum absolute atomic E-state index is 12.9. The summed E-state index contributed by atoms with van der Waals surface area (Å²) >= 11 is 0. The lowest BCUT2D eigenvalue weighted by molar-refractivity contribution is -0.154.